The monoisotopic (exact) mass is 422 g/mol. The van der Waals surface area contributed by atoms with E-state index in [1.165, 1.54) is 4.31 Å². The number of hydrogen-bond donors (Lipinski definition) is 1. The Hall–Kier alpha value is -1.16. The Morgan fingerprint density at radius 3 is 2.25 bits per heavy atom. The minimum Gasteiger partial charge on any atom is -0.395 e. The Morgan fingerprint density at radius 2 is 1.75 bits per heavy atom. The molecular weight excluding hydrogens is 393 g/mol. The lowest BCUT2D eigenvalue weighted by molar-refractivity contribution is -0.137. The van der Waals surface area contributed by atoms with Crippen molar-refractivity contribution < 1.29 is 26.7 Å². The van der Waals surface area contributed by atoms with E-state index in [9.17, 15) is 21.6 Å². The summed E-state index contributed by atoms with van der Waals surface area (Å²) in [4.78, 5) is 2.09. The highest BCUT2D eigenvalue weighted by molar-refractivity contribution is 7.89. The second-order valence-corrected chi connectivity index (χ2v) is 9.11. The van der Waals surface area contributed by atoms with Crippen LogP contribution in [0.1, 0.15) is 38.2 Å². The molecule has 28 heavy (non-hydrogen) atoms. The van der Waals surface area contributed by atoms with Gasteiger partial charge >= 0.3 is 6.18 Å². The van der Waals surface area contributed by atoms with Crippen molar-refractivity contribution in [3.63, 3.8) is 0 Å². The first kappa shape index (κ1) is 23.1. The Kier molecular flexibility index (Phi) is 8.30. The van der Waals surface area contributed by atoms with Crippen molar-refractivity contribution in [1.29, 1.82) is 0 Å². The van der Waals surface area contributed by atoms with Crippen LogP contribution in [-0.2, 0) is 16.2 Å². The molecule has 1 aromatic rings. The van der Waals surface area contributed by atoms with Crippen LogP contribution in [0.15, 0.2) is 29.2 Å². The van der Waals surface area contributed by atoms with Crippen molar-refractivity contribution >= 4 is 10.0 Å². The molecule has 2 rings (SSSR count). The molecule has 1 aliphatic heterocycles. The van der Waals surface area contributed by atoms with E-state index >= 15 is 0 Å². The Morgan fingerprint density at radius 1 is 1.14 bits per heavy atom. The van der Waals surface area contributed by atoms with Crippen LogP contribution in [-0.4, -0.2) is 62.1 Å². The summed E-state index contributed by atoms with van der Waals surface area (Å²) in [6, 6.07) is 3.69. The molecule has 0 spiro atoms. The average molecular weight is 423 g/mol. The van der Waals surface area contributed by atoms with Crippen molar-refractivity contribution in [1.82, 2.24) is 9.21 Å². The highest BCUT2D eigenvalue weighted by Gasteiger charge is 2.32. The fourth-order valence-corrected chi connectivity index (χ4v) is 5.05. The smallest absolute Gasteiger partial charge is 0.395 e. The number of piperidine rings is 1. The lowest BCUT2D eigenvalue weighted by Crippen LogP contribution is -2.38. The quantitative estimate of drug-likeness (QED) is 0.664. The van der Waals surface area contributed by atoms with Gasteiger partial charge in [0.05, 0.1) is 17.1 Å². The molecule has 0 radical (unpaired) electrons. The molecule has 160 valence electrons. The summed E-state index contributed by atoms with van der Waals surface area (Å²) in [6.45, 7) is 5.46. The van der Waals surface area contributed by atoms with Crippen LogP contribution in [0.3, 0.4) is 0 Å². The number of sulfonamides is 1. The minimum absolute atomic E-state index is 0.0958. The first-order chi connectivity index (χ1) is 13.2. The van der Waals surface area contributed by atoms with Gasteiger partial charge in [-0.3, -0.25) is 0 Å². The first-order valence-electron chi connectivity index (χ1n) is 9.69. The number of halogens is 3. The van der Waals surface area contributed by atoms with Crippen LogP contribution in [0.25, 0.3) is 0 Å². The van der Waals surface area contributed by atoms with Crippen LogP contribution in [0, 0.1) is 5.92 Å². The maximum atomic E-state index is 12.7. The molecule has 5 nitrogen and oxygen atoms in total. The van der Waals surface area contributed by atoms with Crippen LogP contribution >= 0.6 is 0 Å². The molecule has 0 amide bonds. The molecule has 1 aliphatic rings. The molecule has 0 atom stereocenters. The third-order valence-electron chi connectivity index (χ3n) is 5.34. The third-order valence-corrected chi connectivity index (χ3v) is 7.26. The number of benzene rings is 1. The van der Waals surface area contributed by atoms with E-state index < -0.39 is 21.8 Å². The van der Waals surface area contributed by atoms with E-state index in [1.54, 1.807) is 0 Å². The molecule has 0 saturated carbocycles. The molecule has 1 N–H and O–H groups in total. The molecule has 1 saturated heterocycles. The summed E-state index contributed by atoms with van der Waals surface area (Å²) in [5, 5.41) is 9.01. The molecule has 1 aromatic carbocycles. The maximum Gasteiger partial charge on any atom is 0.416 e. The van der Waals surface area contributed by atoms with Gasteiger partial charge in [-0.05, 0) is 69.0 Å². The number of alkyl halides is 3. The van der Waals surface area contributed by atoms with Crippen molar-refractivity contribution in [3.8, 4) is 0 Å². The minimum atomic E-state index is -4.48. The summed E-state index contributed by atoms with van der Waals surface area (Å²) >= 11 is 0. The van der Waals surface area contributed by atoms with Gasteiger partial charge in [-0.15, -0.1) is 0 Å². The number of hydrogen-bond acceptors (Lipinski definition) is 4. The van der Waals surface area contributed by atoms with E-state index in [0.717, 1.165) is 63.0 Å². The molecule has 1 heterocycles. The van der Waals surface area contributed by atoms with Gasteiger partial charge in [0, 0.05) is 19.6 Å². The summed E-state index contributed by atoms with van der Waals surface area (Å²) in [6.07, 6.45) is -0.955. The second kappa shape index (κ2) is 10.0. The van der Waals surface area contributed by atoms with E-state index in [2.05, 4.69) is 11.8 Å². The Bertz CT molecular complexity index is 700. The molecule has 1 fully saturated rings. The second-order valence-electron chi connectivity index (χ2n) is 7.17. The van der Waals surface area contributed by atoms with Gasteiger partial charge in [0.25, 0.3) is 0 Å². The fraction of sp³-hybridized carbons (Fsp3) is 0.684. The number of likely N-dealkylation sites (N-methyl/N-ethyl adjacent to an activating group) is 1. The summed E-state index contributed by atoms with van der Waals surface area (Å²) in [7, 11) is -3.76. The lowest BCUT2D eigenvalue weighted by Gasteiger charge is -2.31. The Labute approximate surface area is 165 Å². The number of nitrogens with zero attached hydrogens (tertiary/aromatic N) is 2. The van der Waals surface area contributed by atoms with E-state index in [0.29, 0.717) is 25.6 Å². The number of aliphatic hydroxyl groups is 1. The summed E-state index contributed by atoms with van der Waals surface area (Å²) < 4.78 is 64.7. The molecular formula is C19H29F3N2O3S. The van der Waals surface area contributed by atoms with Gasteiger partial charge in [-0.25, -0.2) is 8.42 Å². The standard InChI is InChI=1S/C19H29F3N2O3S/c1-2-23(14-15-25)11-3-4-16-9-12-24(13-10-16)28(26,27)18-7-5-17(6-8-18)19(20,21)22/h5-8,16,25H,2-4,9-15H2,1H3. The predicted molar refractivity (Wildman–Crippen MR) is 101 cm³/mol. The molecule has 0 aliphatic carbocycles. The zero-order valence-corrected chi connectivity index (χ0v) is 17.0. The first-order valence-corrected chi connectivity index (χ1v) is 11.1. The molecule has 0 bridgehead atoms. The maximum absolute atomic E-state index is 12.7. The Balaban J connectivity index is 1.86. The SMILES string of the molecule is CCN(CCO)CCCC1CCN(S(=O)(=O)c2ccc(C(F)(F)F)cc2)CC1. The van der Waals surface area contributed by atoms with Gasteiger partial charge in [0.1, 0.15) is 0 Å². The topological polar surface area (TPSA) is 60.9 Å². The van der Waals surface area contributed by atoms with Crippen molar-refractivity contribution in [3.05, 3.63) is 29.8 Å². The molecule has 0 aromatic heterocycles. The zero-order chi connectivity index (χ0) is 20.8. The molecule has 9 heteroatoms. The van der Waals surface area contributed by atoms with Gasteiger partial charge in [0.2, 0.25) is 10.0 Å². The average Bonchev–Trinajstić information content (AvgIpc) is 2.67. The predicted octanol–water partition coefficient (Wildman–Crippen LogP) is 3.20. The van der Waals surface area contributed by atoms with Crippen LogP contribution < -0.4 is 0 Å². The largest absolute Gasteiger partial charge is 0.416 e. The van der Waals surface area contributed by atoms with Crippen molar-refractivity contribution in [2.45, 2.75) is 43.7 Å². The zero-order valence-electron chi connectivity index (χ0n) is 16.2. The summed E-state index contributed by atoms with van der Waals surface area (Å²) in [5.41, 5.74) is -0.854. The van der Waals surface area contributed by atoms with Gasteiger partial charge < -0.3 is 10.0 Å². The van der Waals surface area contributed by atoms with Crippen molar-refractivity contribution in [2.24, 2.45) is 5.92 Å². The molecule has 0 unspecified atom stereocenters. The lowest BCUT2D eigenvalue weighted by atomic mass is 9.93. The third kappa shape index (κ3) is 6.17. The fourth-order valence-electron chi connectivity index (χ4n) is 3.58. The number of rotatable bonds is 9. The normalized spacial score (nSPS) is 17.4. The van der Waals surface area contributed by atoms with Crippen LogP contribution in [0.5, 0.6) is 0 Å². The number of aliphatic hydroxyl groups excluding tert-OH is 1. The van der Waals surface area contributed by atoms with E-state index in [1.807, 2.05) is 0 Å². The highest BCUT2D eigenvalue weighted by Crippen LogP contribution is 2.31. The van der Waals surface area contributed by atoms with Gasteiger partial charge in [0.15, 0.2) is 0 Å². The van der Waals surface area contributed by atoms with Crippen LogP contribution in [0.4, 0.5) is 13.2 Å². The van der Waals surface area contributed by atoms with Crippen LogP contribution in [0.2, 0.25) is 0 Å². The van der Waals surface area contributed by atoms with Gasteiger partial charge in [-0.2, -0.15) is 17.5 Å². The highest BCUT2D eigenvalue weighted by atomic mass is 32.2. The van der Waals surface area contributed by atoms with Gasteiger partial charge in [-0.1, -0.05) is 6.92 Å². The van der Waals surface area contributed by atoms with E-state index in [4.69, 9.17) is 5.11 Å². The van der Waals surface area contributed by atoms with Crippen molar-refractivity contribution in [2.75, 3.05) is 39.3 Å². The van der Waals surface area contributed by atoms with E-state index in [-0.39, 0.29) is 11.5 Å². The summed E-state index contributed by atoms with van der Waals surface area (Å²) in [5.74, 6) is 0.451.